The minimum atomic E-state index is -3.51. The number of nitrogens with zero attached hydrogens (tertiary/aromatic N) is 1. The van der Waals surface area contributed by atoms with Gasteiger partial charge in [0.2, 0.25) is 10.0 Å². The number of hydrogen-bond donors (Lipinski definition) is 1. The third-order valence-corrected chi connectivity index (χ3v) is 5.30. The first-order chi connectivity index (χ1) is 9.95. The Labute approximate surface area is 125 Å². The minimum absolute atomic E-state index is 0.183. The van der Waals surface area contributed by atoms with Gasteiger partial charge in [0.1, 0.15) is 5.76 Å². The van der Waals surface area contributed by atoms with Gasteiger partial charge in [-0.2, -0.15) is 4.31 Å². The summed E-state index contributed by atoms with van der Waals surface area (Å²) in [6.45, 7) is 2.23. The maximum atomic E-state index is 12.5. The quantitative estimate of drug-likeness (QED) is 0.890. The molecule has 0 saturated heterocycles. The van der Waals surface area contributed by atoms with E-state index in [1.54, 1.807) is 31.3 Å². The number of furan rings is 1. The Balaban J connectivity index is 2.18. The van der Waals surface area contributed by atoms with Gasteiger partial charge < -0.3 is 9.73 Å². The highest BCUT2D eigenvalue weighted by atomic mass is 32.2. The van der Waals surface area contributed by atoms with Crippen LogP contribution in [0.3, 0.4) is 0 Å². The van der Waals surface area contributed by atoms with Crippen molar-refractivity contribution in [1.29, 1.82) is 0 Å². The maximum Gasteiger partial charge on any atom is 0.243 e. The van der Waals surface area contributed by atoms with Crippen molar-refractivity contribution in [2.24, 2.45) is 0 Å². The average molecular weight is 308 g/mol. The van der Waals surface area contributed by atoms with E-state index >= 15 is 0 Å². The second kappa shape index (κ2) is 6.43. The Hall–Kier alpha value is -1.63. The zero-order chi connectivity index (χ0) is 15.5. The van der Waals surface area contributed by atoms with Crippen LogP contribution in [-0.4, -0.2) is 26.8 Å². The van der Waals surface area contributed by atoms with E-state index in [9.17, 15) is 8.42 Å². The molecule has 5 nitrogen and oxygen atoms in total. The van der Waals surface area contributed by atoms with Crippen LogP contribution in [0.2, 0.25) is 0 Å². The van der Waals surface area contributed by atoms with Gasteiger partial charge in [0.25, 0.3) is 0 Å². The van der Waals surface area contributed by atoms with Crippen LogP contribution in [0.5, 0.6) is 0 Å². The summed E-state index contributed by atoms with van der Waals surface area (Å²) >= 11 is 0. The van der Waals surface area contributed by atoms with Crippen LogP contribution in [0.4, 0.5) is 0 Å². The predicted molar refractivity (Wildman–Crippen MR) is 81.3 cm³/mol. The van der Waals surface area contributed by atoms with Crippen molar-refractivity contribution in [2.75, 3.05) is 14.1 Å². The molecular weight excluding hydrogens is 288 g/mol. The van der Waals surface area contributed by atoms with Crippen LogP contribution in [0.25, 0.3) is 0 Å². The summed E-state index contributed by atoms with van der Waals surface area (Å²) in [6, 6.07) is 10.6. The normalized spacial score (nSPS) is 13.5. The van der Waals surface area contributed by atoms with E-state index in [0.717, 1.165) is 5.56 Å². The molecule has 21 heavy (non-hydrogen) atoms. The van der Waals surface area contributed by atoms with Gasteiger partial charge in [-0.1, -0.05) is 12.1 Å². The summed E-state index contributed by atoms with van der Waals surface area (Å²) in [5.41, 5.74) is 1.05. The van der Waals surface area contributed by atoms with Crippen molar-refractivity contribution in [3.05, 3.63) is 54.0 Å². The molecular formula is C15H20N2O3S. The van der Waals surface area contributed by atoms with Crippen LogP contribution >= 0.6 is 0 Å². The van der Waals surface area contributed by atoms with Gasteiger partial charge >= 0.3 is 0 Å². The molecule has 1 aromatic carbocycles. The average Bonchev–Trinajstić information content (AvgIpc) is 2.99. The van der Waals surface area contributed by atoms with Gasteiger partial charge in [0.05, 0.1) is 17.7 Å². The summed E-state index contributed by atoms with van der Waals surface area (Å²) in [4.78, 5) is 0.281. The van der Waals surface area contributed by atoms with E-state index in [1.165, 1.54) is 10.6 Å². The van der Waals surface area contributed by atoms with Crippen molar-refractivity contribution in [3.63, 3.8) is 0 Å². The lowest BCUT2D eigenvalue weighted by atomic mass is 10.1. The Bertz CT molecular complexity index is 663. The highest BCUT2D eigenvalue weighted by Gasteiger charge is 2.21. The number of nitrogens with one attached hydrogen (secondary N) is 1. The van der Waals surface area contributed by atoms with Crippen LogP contribution in [0.15, 0.2) is 52.0 Å². The van der Waals surface area contributed by atoms with Gasteiger partial charge in [-0.25, -0.2) is 8.42 Å². The predicted octanol–water partition coefficient (Wildman–Crippen LogP) is 2.38. The molecule has 2 aromatic rings. The summed E-state index contributed by atoms with van der Waals surface area (Å²) in [6.07, 6.45) is 1.53. The molecule has 1 unspecified atom stereocenters. The van der Waals surface area contributed by atoms with Crippen molar-refractivity contribution in [2.45, 2.75) is 24.4 Å². The highest BCUT2D eigenvalue weighted by Crippen LogP contribution is 2.20. The Morgan fingerprint density at radius 3 is 2.43 bits per heavy atom. The first-order valence-electron chi connectivity index (χ1n) is 6.71. The molecule has 0 bridgehead atoms. The molecule has 114 valence electrons. The fourth-order valence-corrected chi connectivity index (χ4v) is 3.12. The van der Waals surface area contributed by atoms with Gasteiger partial charge in [-0.3, -0.25) is 0 Å². The van der Waals surface area contributed by atoms with Crippen molar-refractivity contribution in [3.8, 4) is 0 Å². The van der Waals surface area contributed by atoms with E-state index in [1.807, 2.05) is 26.1 Å². The van der Waals surface area contributed by atoms with E-state index in [4.69, 9.17) is 4.42 Å². The topological polar surface area (TPSA) is 62.6 Å². The van der Waals surface area contributed by atoms with Gasteiger partial charge in [0.15, 0.2) is 0 Å². The van der Waals surface area contributed by atoms with Crippen LogP contribution in [0, 0.1) is 0 Å². The van der Waals surface area contributed by atoms with Gasteiger partial charge in [0, 0.05) is 13.1 Å². The van der Waals surface area contributed by atoms with Crippen LogP contribution in [-0.2, 0) is 16.6 Å². The molecule has 0 amide bonds. The lowest BCUT2D eigenvalue weighted by Gasteiger charge is -2.17. The highest BCUT2D eigenvalue weighted by molar-refractivity contribution is 7.89. The molecule has 1 heterocycles. The first kappa shape index (κ1) is 15.8. The Morgan fingerprint density at radius 1 is 1.24 bits per heavy atom. The van der Waals surface area contributed by atoms with E-state index in [-0.39, 0.29) is 17.5 Å². The molecule has 0 saturated carbocycles. The maximum absolute atomic E-state index is 12.5. The standard InChI is InChI=1S/C15H20N2O3S/c1-12(16-2)13-6-8-15(9-7-13)21(18,19)17(3)11-14-5-4-10-20-14/h4-10,12,16H,11H2,1-3H3. The Morgan fingerprint density at radius 2 is 1.90 bits per heavy atom. The third-order valence-electron chi connectivity index (χ3n) is 3.48. The van der Waals surface area contributed by atoms with Crippen molar-refractivity contribution in [1.82, 2.24) is 9.62 Å². The Kier molecular flexibility index (Phi) is 4.82. The lowest BCUT2D eigenvalue weighted by molar-refractivity contribution is 0.406. The first-order valence-corrected chi connectivity index (χ1v) is 8.15. The number of sulfonamides is 1. The number of hydrogen-bond acceptors (Lipinski definition) is 4. The summed E-state index contributed by atoms with van der Waals surface area (Å²) in [5, 5.41) is 3.12. The molecule has 1 aromatic heterocycles. The van der Waals surface area contributed by atoms with E-state index < -0.39 is 10.0 Å². The molecule has 1 atom stereocenters. The number of benzene rings is 1. The molecule has 1 N–H and O–H groups in total. The minimum Gasteiger partial charge on any atom is -0.468 e. The molecule has 0 spiro atoms. The third kappa shape index (κ3) is 3.53. The van der Waals surface area contributed by atoms with E-state index in [0.29, 0.717) is 5.76 Å². The summed E-state index contributed by atoms with van der Waals surface area (Å²) in [7, 11) is -0.100. The lowest BCUT2D eigenvalue weighted by Crippen LogP contribution is -2.26. The molecule has 0 fully saturated rings. The molecule has 6 heteroatoms. The summed E-state index contributed by atoms with van der Waals surface area (Å²) in [5.74, 6) is 0.613. The molecule has 2 rings (SSSR count). The van der Waals surface area contributed by atoms with Gasteiger partial charge in [-0.05, 0) is 43.8 Å². The molecule has 0 radical (unpaired) electrons. The zero-order valence-corrected chi connectivity index (χ0v) is 13.2. The molecule has 0 aliphatic heterocycles. The number of rotatable bonds is 6. The SMILES string of the molecule is CNC(C)c1ccc(S(=O)(=O)N(C)Cc2ccco2)cc1. The molecule has 0 aliphatic rings. The molecule has 0 aliphatic carbocycles. The summed E-state index contributed by atoms with van der Waals surface area (Å²) < 4.78 is 31.4. The van der Waals surface area contributed by atoms with Crippen molar-refractivity contribution >= 4 is 10.0 Å². The van der Waals surface area contributed by atoms with Crippen molar-refractivity contribution < 1.29 is 12.8 Å². The smallest absolute Gasteiger partial charge is 0.243 e. The van der Waals surface area contributed by atoms with Gasteiger partial charge in [-0.15, -0.1) is 0 Å². The monoisotopic (exact) mass is 308 g/mol. The van der Waals surface area contributed by atoms with E-state index in [2.05, 4.69) is 5.32 Å². The zero-order valence-electron chi connectivity index (χ0n) is 12.4. The van der Waals surface area contributed by atoms with Crippen LogP contribution < -0.4 is 5.32 Å². The second-order valence-corrected chi connectivity index (χ2v) is 6.96. The second-order valence-electron chi connectivity index (χ2n) is 4.92. The van der Waals surface area contributed by atoms with Crippen LogP contribution in [0.1, 0.15) is 24.3 Å². The fraction of sp³-hybridized carbons (Fsp3) is 0.333. The largest absolute Gasteiger partial charge is 0.468 e. The fourth-order valence-electron chi connectivity index (χ4n) is 1.98.